The summed E-state index contributed by atoms with van der Waals surface area (Å²) in [7, 11) is 0. The number of nitrogens with one attached hydrogen (secondary N) is 2. The zero-order valence-corrected chi connectivity index (χ0v) is 10.3. The lowest BCUT2D eigenvalue weighted by molar-refractivity contribution is -0.118. The van der Waals surface area contributed by atoms with Crippen LogP contribution in [0.1, 0.15) is 5.69 Å². The fourth-order valence-corrected chi connectivity index (χ4v) is 1.80. The smallest absolute Gasteiger partial charge is 0.262 e. The van der Waals surface area contributed by atoms with Gasteiger partial charge in [-0.2, -0.15) is 5.26 Å². The van der Waals surface area contributed by atoms with Gasteiger partial charge in [0.15, 0.2) is 6.61 Å². The first kappa shape index (κ1) is 11.9. The third kappa shape index (κ3) is 2.35. The molecule has 0 fully saturated rings. The van der Waals surface area contributed by atoms with Crippen molar-refractivity contribution in [3.8, 4) is 11.8 Å². The van der Waals surface area contributed by atoms with Crippen LogP contribution in [-0.4, -0.2) is 22.5 Å². The van der Waals surface area contributed by atoms with Gasteiger partial charge in [-0.15, -0.1) is 0 Å². The van der Waals surface area contributed by atoms with Gasteiger partial charge in [-0.05, 0) is 18.2 Å². The summed E-state index contributed by atoms with van der Waals surface area (Å²) in [6, 6.07) is 8.76. The van der Waals surface area contributed by atoms with Crippen LogP contribution in [0, 0.1) is 11.3 Å². The van der Waals surface area contributed by atoms with E-state index < -0.39 is 0 Å². The lowest BCUT2D eigenvalue weighted by Crippen LogP contribution is -2.25. The molecule has 1 aromatic carbocycles. The molecule has 20 heavy (non-hydrogen) atoms. The van der Waals surface area contributed by atoms with Crippen molar-refractivity contribution in [2.45, 2.75) is 0 Å². The number of hydrogen-bond acceptors (Lipinski definition) is 6. The Morgan fingerprint density at radius 3 is 3.10 bits per heavy atom. The first-order valence-corrected chi connectivity index (χ1v) is 5.80. The summed E-state index contributed by atoms with van der Waals surface area (Å²) in [5.41, 5.74) is 1.59. The molecule has 1 aliphatic heterocycles. The monoisotopic (exact) mass is 267 g/mol. The maximum Gasteiger partial charge on any atom is 0.262 e. The molecule has 1 amide bonds. The van der Waals surface area contributed by atoms with Crippen LogP contribution in [-0.2, 0) is 4.79 Å². The van der Waals surface area contributed by atoms with Crippen LogP contribution in [0.4, 0.5) is 17.2 Å². The molecule has 98 valence electrons. The summed E-state index contributed by atoms with van der Waals surface area (Å²) in [4.78, 5) is 19.1. The summed E-state index contributed by atoms with van der Waals surface area (Å²) >= 11 is 0. The number of amides is 1. The number of fused-ring (bicyclic) bond motifs is 1. The number of rotatable bonds is 2. The average Bonchev–Trinajstić information content (AvgIpc) is 2.47. The van der Waals surface area contributed by atoms with Crippen molar-refractivity contribution in [1.82, 2.24) is 9.97 Å². The summed E-state index contributed by atoms with van der Waals surface area (Å²) in [6.45, 7) is 0.0250. The quantitative estimate of drug-likeness (QED) is 0.853. The van der Waals surface area contributed by atoms with Crippen LogP contribution in [0.25, 0.3) is 0 Å². The average molecular weight is 267 g/mol. The van der Waals surface area contributed by atoms with Crippen LogP contribution >= 0.6 is 0 Å². The molecule has 0 bridgehead atoms. The molecule has 2 aromatic rings. The van der Waals surface area contributed by atoms with E-state index in [9.17, 15) is 4.79 Å². The van der Waals surface area contributed by atoms with Crippen LogP contribution in [0.3, 0.4) is 0 Å². The zero-order valence-electron chi connectivity index (χ0n) is 10.3. The number of carbonyl (C=O) groups is 1. The number of aromatic nitrogens is 2. The molecule has 7 nitrogen and oxygen atoms in total. The van der Waals surface area contributed by atoms with E-state index >= 15 is 0 Å². The molecule has 0 radical (unpaired) electrons. The molecule has 7 heteroatoms. The van der Waals surface area contributed by atoms with E-state index in [0.29, 0.717) is 17.3 Å². The van der Waals surface area contributed by atoms with Crippen molar-refractivity contribution in [3.05, 3.63) is 36.3 Å². The number of ether oxygens (including phenoxy) is 1. The Hall–Kier alpha value is -3.14. The maximum absolute atomic E-state index is 11.3. The second-order valence-electron chi connectivity index (χ2n) is 4.07. The number of nitrogens with zero attached hydrogens (tertiary/aromatic N) is 3. The molecule has 0 saturated heterocycles. The van der Waals surface area contributed by atoms with Crippen molar-refractivity contribution in [2.24, 2.45) is 0 Å². The summed E-state index contributed by atoms with van der Waals surface area (Å²) in [5.74, 6) is 0.929. The third-order valence-corrected chi connectivity index (χ3v) is 2.67. The molecule has 1 aromatic heterocycles. The van der Waals surface area contributed by atoms with Crippen molar-refractivity contribution in [2.75, 3.05) is 17.2 Å². The lowest BCUT2D eigenvalue weighted by Gasteiger charge is -2.18. The second kappa shape index (κ2) is 4.85. The SMILES string of the molecule is N#Cc1cc(Nc2ccc3c(c2)NC(=O)CO3)ncn1. The number of benzene rings is 1. The third-order valence-electron chi connectivity index (χ3n) is 2.67. The molecular formula is C13H9N5O2. The molecule has 0 spiro atoms. The van der Waals surface area contributed by atoms with Crippen molar-refractivity contribution >= 4 is 23.1 Å². The second-order valence-corrected chi connectivity index (χ2v) is 4.07. The van der Waals surface area contributed by atoms with E-state index in [1.165, 1.54) is 12.4 Å². The lowest BCUT2D eigenvalue weighted by atomic mass is 10.2. The number of nitriles is 1. The minimum Gasteiger partial charge on any atom is -0.482 e. The molecule has 2 heterocycles. The van der Waals surface area contributed by atoms with Crippen molar-refractivity contribution < 1.29 is 9.53 Å². The highest BCUT2D eigenvalue weighted by Gasteiger charge is 2.15. The Bertz CT molecular complexity index is 723. The van der Waals surface area contributed by atoms with Gasteiger partial charge < -0.3 is 15.4 Å². The fraction of sp³-hybridized carbons (Fsp3) is 0.0769. The Labute approximate surface area is 114 Å². The van der Waals surface area contributed by atoms with Gasteiger partial charge in [-0.25, -0.2) is 9.97 Å². The van der Waals surface area contributed by atoms with Crippen molar-refractivity contribution in [3.63, 3.8) is 0 Å². The Morgan fingerprint density at radius 1 is 1.35 bits per heavy atom. The fourth-order valence-electron chi connectivity index (χ4n) is 1.80. The van der Waals surface area contributed by atoms with Crippen molar-refractivity contribution in [1.29, 1.82) is 5.26 Å². The highest BCUT2D eigenvalue weighted by Crippen LogP contribution is 2.31. The Morgan fingerprint density at radius 2 is 2.25 bits per heavy atom. The highest BCUT2D eigenvalue weighted by atomic mass is 16.5. The summed E-state index contributed by atoms with van der Waals surface area (Å²) < 4.78 is 5.27. The molecule has 3 rings (SSSR count). The van der Waals surface area contributed by atoms with Gasteiger partial charge in [0, 0.05) is 11.8 Å². The van der Waals surface area contributed by atoms with E-state index in [2.05, 4.69) is 20.6 Å². The van der Waals surface area contributed by atoms with Crippen LogP contribution < -0.4 is 15.4 Å². The number of anilines is 3. The van der Waals surface area contributed by atoms with Gasteiger partial charge in [0.05, 0.1) is 5.69 Å². The van der Waals surface area contributed by atoms with Gasteiger partial charge in [0.1, 0.15) is 29.7 Å². The molecule has 1 aliphatic rings. The number of carbonyl (C=O) groups excluding carboxylic acids is 1. The maximum atomic E-state index is 11.3. The molecular weight excluding hydrogens is 258 g/mol. The largest absolute Gasteiger partial charge is 0.482 e. The minimum absolute atomic E-state index is 0.0250. The summed E-state index contributed by atoms with van der Waals surface area (Å²) in [6.07, 6.45) is 1.31. The van der Waals surface area contributed by atoms with Crippen LogP contribution in [0.5, 0.6) is 5.75 Å². The first-order valence-electron chi connectivity index (χ1n) is 5.80. The highest BCUT2D eigenvalue weighted by molar-refractivity contribution is 5.96. The topological polar surface area (TPSA) is 99.9 Å². The summed E-state index contributed by atoms with van der Waals surface area (Å²) in [5, 5.41) is 14.5. The zero-order chi connectivity index (χ0) is 13.9. The standard InChI is InChI=1S/C13H9N5O2/c14-5-9-4-12(16-7-15-9)17-8-1-2-11-10(3-8)18-13(19)6-20-11/h1-4,7H,6H2,(H,18,19)(H,15,16,17). The van der Waals surface area contributed by atoms with Gasteiger partial charge in [-0.1, -0.05) is 0 Å². The van der Waals surface area contributed by atoms with E-state index in [4.69, 9.17) is 10.00 Å². The number of hydrogen-bond donors (Lipinski definition) is 2. The molecule has 0 aliphatic carbocycles. The molecule has 0 atom stereocenters. The van der Waals surface area contributed by atoms with Gasteiger partial charge in [0.25, 0.3) is 5.91 Å². The van der Waals surface area contributed by atoms with Gasteiger partial charge >= 0.3 is 0 Å². The van der Waals surface area contributed by atoms with Gasteiger partial charge in [-0.3, -0.25) is 4.79 Å². The van der Waals surface area contributed by atoms with Crippen LogP contribution in [0.15, 0.2) is 30.6 Å². The molecule has 0 saturated carbocycles. The van der Waals surface area contributed by atoms with Crippen LogP contribution in [0.2, 0.25) is 0 Å². The van der Waals surface area contributed by atoms with Gasteiger partial charge in [0.2, 0.25) is 0 Å². The van der Waals surface area contributed by atoms with E-state index in [-0.39, 0.29) is 18.2 Å². The Kier molecular flexibility index (Phi) is 2.89. The minimum atomic E-state index is -0.191. The normalized spacial score (nSPS) is 12.7. The van der Waals surface area contributed by atoms with E-state index in [0.717, 1.165) is 5.69 Å². The first-order chi connectivity index (χ1) is 9.74. The predicted molar refractivity (Wildman–Crippen MR) is 70.6 cm³/mol. The molecule has 2 N–H and O–H groups in total. The van der Waals surface area contributed by atoms with E-state index in [1.54, 1.807) is 18.2 Å². The predicted octanol–water partition coefficient (Wildman–Crippen LogP) is 1.42. The molecule has 0 unspecified atom stereocenters. The van der Waals surface area contributed by atoms with E-state index in [1.807, 2.05) is 6.07 Å². The Balaban J connectivity index is 1.86.